The van der Waals surface area contributed by atoms with Crippen molar-refractivity contribution >= 4 is 29.4 Å². The first-order valence-electron chi connectivity index (χ1n) is 9.34. The molecule has 1 heterocycles. The fraction of sp³-hybridized carbons (Fsp3) is 0.200. The number of ether oxygens (including phenoxy) is 2. The molecule has 1 unspecified atom stereocenters. The van der Waals surface area contributed by atoms with Gasteiger partial charge in [0.2, 0.25) is 18.4 Å². The number of carbonyl (C=O) groups is 3. The zero-order valence-corrected chi connectivity index (χ0v) is 16.7. The van der Waals surface area contributed by atoms with Crippen LogP contribution in [0.3, 0.4) is 0 Å². The highest BCUT2D eigenvalue weighted by Crippen LogP contribution is 2.42. The van der Waals surface area contributed by atoms with Crippen molar-refractivity contribution in [3.8, 4) is 17.2 Å². The number of fused-ring (bicyclic) bond motifs is 1. The molecule has 0 fully saturated rings. The molecular weight excluding hydrogens is 422 g/mol. The van der Waals surface area contributed by atoms with Gasteiger partial charge < -0.3 is 41.8 Å². The van der Waals surface area contributed by atoms with Crippen LogP contribution in [0.5, 0.6) is 17.2 Å². The number of hydrogen-bond donors (Lipinski definition) is 6. The number of hydrogen-bond acceptors (Lipinski definition) is 7. The molecular formula is C20H21N5O7. The second-order valence-corrected chi connectivity index (χ2v) is 6.76. The number of phenolic OH excluding ortho intramolecular Hbond substituents is 1. The zero-order chi connectivity index (χ0) is 23.3. The minimum absolute atomic E-state index is 0.0846. The van der Waals surface area contributed by atoms with Gasteiger partial charge in [0.15, 0.2) is 17.5 Å². The van der Waals surface area contributed by atoms with Crippen molar-refractivity contribution < 1.29 is 34.1 Å². The van der Waals surface area contributed by atoms with Crippen LogP contribution >= 0.6 is 0 Å². The lowest BCUT2D eigenvalue weighted by atomic mass is 10.0. The van der Waals surface area contributed by atoms with Crippen LogP contribution in [0, 0.1) is 0 Å². The zero-order valence-electron chi connectivity index (χ0n) is 16.7. The largest absolute Gasteiger partial charge is 0.504 e. The number of rotatable bonds is 8. The lowest BCUT2D eigenvalue weighted by Crippen LogP contribution is -2.39. The molecule has 1 atom stereocenters. The predicted octanol–water partition coefficient (Wildman–Crippen LogP) is 0.0878. The minimum atomic E-state index is -1.17. The number of nitrogens with two attached hydrogens (primary N) is 2. The summed E-state index contributed by atoms with van der Waals surface area (Å²) >= 11 is 0. The number of guanidine groups is 1. The molecule has 0 aromatic heterocycles. The topological polar surface area (TPSA) is 199 Å². The SMILES string of the molecule is NC(N)=Nc1cccc(C(=O)NCC(=O)NC(CC(=O)O)c2cc(O)c3c(c2)OCO3)c1. The number of carboxylic acids is 1. The number of aliphatic imine (C=N–C) groups is 1. The second kappa shape index (κ2) is 9.55. The summed E-state index contributed by atoms with van der Waals surface area (Å²) in [6.07, 6.45) is -0.459. The number of aliphatic carboxylic acids is 1. The minimum Gasteiger partial charge on any atom is -0.504 e. The van der Waals surface area contributed by atoms with Crippen LogP contribution in [0.15, 0.2) is 41.4 Å². The maximum absolute atomic E-state index is 12.4. The maximum atomic E-state index is 12.4. The molecule has 0 aliphatic carbocycles. The molecule has 1 aliphatic rings. The van der Waals surface area contributed by atoms with E-state index < -0.39 is 36.8 Å². The molecule has 8 N–H and O–H groups in total. The van der Waals surface area contributed by atoms with Crippen LogP contribution in [0.1, 0.15) is 28.4 Å². The van der Waals surface area contributed by atoms with Gasteiger partial charge in [-0.25, -0.2) is 4.99 Å². The van der Waals surface area contributed by atoms with Crippen LogP contribution < -0.4 is 31.6 Å². The van der Waals surface area contributed by atoms with Crippen LogP contribution in [0.4, 0.5) is 5.69 Å². The molecule has 0 radical (unpaired) electrons. The summed E-state index contributed by atoms with van der Waals surface area (Å²) in [5.41, 5.74) is 11.5. The molecule has 2 aromatic carbocycles. The summed E-state index contributed by atoms with van der Waals surface area (Å²) in [5, 5.41) is 24.2. The van der Waals surface area contributed by atoms with E-state index in [2.05, 4.69) is 15.6 Å². The van der Waals surface area contributed by atoms with Crippen molar-refractivity contribution in [2.75, 3.05) is 13.3 Å². The van der Waals surface area contributed by atoms with Gasteiger partial charge in [0.25, 0.3) is 5.91 Å². The molecule has 3 rings (SSSR count). The Bertz CT molecular complexity index is 1080. The third-order valence-electron chi connectivity index (χ3n) is 4.37. The number of aromatic hydroxyl groups is 1. The molecule has 12 nitrogen and oxygen atoms in total. The van der Waals surface area contributed by atoms with Crippen LogP contribution in [-0.4, -0.2) is 47.3 Å². The average molecular weight is 443 g/mol. The fourth-order valence-electron chi connectivity index (χ4n) is 3.01. The Morgan fingerprint density at radius 3 is 2.66 bits per heavy atom. The third-order valence-corrected chi connectivity index (χ3v) is 4.37. The number of carbonyl (C=O) groups excluding carboxylic acids is 2. The molecule has 2 aromatic rings. The van der Waals surface area contributed by atoms with E-state index in [-0.39, 0.29) is 35.6 Å². The first-order chi connectivity index (χ1) is 15.2. The van der Waals surface area contributed by atoms with Gasteiger partial charge in [0.05, 0.1) is 24.7 Å². The highest BCUT2D eigenvalue weighted by molar-refractivity contribution is 5.97. The van der Waals surface area contributed by atoms with E-state index in [1.54, 1.807) is 12.1 Å². The number of carboxylic acid groups (broad SMARTS) is 1. The van der Waals surface area contributed by atoms with Crippen molar-refractivity contribution in [3.63, 3.8) is 0 Å². The first-order valence-corrected chi connectivity index (χ1v) is 9.34. The molecule has 32 heavy (non-hydrogen) atoms. The van der Waals surface area contributed by atoms with E-state index in [9.17, 15) is 24.6 Å². The Morgan fingerprint density at radius 1 is 1.16 bits per heavy atom. The van der Waals surface area contributed by atoms with Crippen molar-refractivity contribution in [1.29, 1.82) is 0 Å². The van der Waals surface area contributed by atoms with Gasteiger partial charge in [-0.2, -0.15) is 0 Å². The number of phenols is 1. The molecule has 0 saturated carbocycles. The molecule has 1 aliphatic heterocycles. The summed E-state index contributed by atoms with van der Waals surface area (Å²) < 4.78 is 10.3. The maximum Gasteiger partial charge on any atom is 0.305 e. The first kappa shape index (κ1) is 22.2. The number of nitrogens with one attached hydrogen (secondary N) is 2. The van der Waals surface area contributed by atoms with E-state index in [1.165, 1.54) is 24.3 Å². The van der Waals surface area contributed by atoms with Gasteiger partial charge in [0.1, 0.15) is 0 Å². The molecule has 0 spiro atoms. The van der Waals surface area contributed by atoms with Gasteiger partial charge in [-0.1, -0.05) is 6.07 Å². The Balaban J connectivity index is 1.66. The second-order valence-electron chi connectivity index (χ2n) is 6.76. The van der Waals surface area contributed by atoms with Gasteiger partial charge >= 0.3 is 5.97 Å². The van der Waals surface area contributed by atoms with Gasteiger partial charge in [-0.05, 0) is 35.9 Å². The van der Waals surface area contributed by atoms with E-state index in [4.69, 9.17) is 20.9 Å². The monoisotopic (exact) mass is 443 g/mol. The van der Waals surface area contributed by atoms with E-state index in [1.807, 2.05) is 0 Å². The summed E-state index contributed by atoms with van der Waals surface area (Å²) in [7, 11) is 0. The van der Waals surface area contributed by atoms with Gasteiger partial charge in [0, 0.05) is 5.56 Å². The Labute approximate surface area is 181 Å². The van der Waals surface area contributed by atoms with Crippen molar-refractivity contribution in [3.05, 3.63) is 47.5 Å². The lowest BCUT2D eigenvalue weighted by molar-refractivity contribution is -0.137. The Hall–Kier alpha value is -4.48. The molecule has 12 heteroatoms. The Morgan fingerprint density at radius 2 is 1.94 bits per heavy atom. The third kappa shape index (κ3) is 5.56. The van der Waals surface area contributed by atoms with Crippen LogP contribution in [0.25, 0.3) is 0 Å². The molecule has 2 amide bonds. The van der Waals surface area contributed by atoms with Crippen molar-refractivity contribution in [1.82, 2.24) is 10.6 Å². The van der Waals surface area contributed by atoms with Crippen molar-refractivity contribution in [2.24, 2.45) is 16.5 Å². The van der Waals surface area contributed by atoms with E-state index in [0.717, 1.165) is 0 Å². The summed E-state index contributed by atoms with van der Waals surface area (Å²) in [6.45, 7) is -0.503. The average Bonchev–Trinajstić information content (AvgIpc) is 3.20. The molecule has 0 bridgehead atoms. The van der Waals surface area contributed by atoms with Crippen LogP contribution in [0.2, 0.25) is 0 Å². The normalized spacial score (nSPS) is 12.5. The molecule has 0 saturated heterocycles. The number of benzene rings is 2. The molecule has 168 valence electrons. The number of amides is 2. The van der Waals surface area contributed by atoms with E-state index in [0.29, 0.717) is 11.3 Å². The van der Waals surface area contributed by atoms with E-state index >= 15 is 0 Å². The Kier molecular flexibility index (Phi) is 6.63. The highest BCUT2D eigenvalue weighted by Gasteiger charge is 2.25. The summed E-state index contributed by atoms with van der Waals surface area (Å²) in [6, 6.07) is 7.91. The van der Waals surface area contributed by atoms with Crippen LogP contribution in [-0.2, 0) is 9.59 Å². The van der Waals surface area contributed by atoms with Crippen molar-refractivity contribution in [2.45, 2.75) is 12.5 Å². The quantitative estimate of drug-likeness (QED) is 0.242. The smallest absolute Gasteiger partial charge is 0.305 e. The summed E-state index contributed by atoms with van der Waals surface area (Å²) in [4.78, 5) is 39.8. The summed E-state index contributed by atoms with van der Waals surface area (Å²) in [5.74, 6) is -2.39. The van der Waals surface area contributed by atoms with Gasteiger partial charge in [-0.3, -0.25) is 14.4 Å². The van der Waals surface area contributed by atoms with Gasteiger partial charge in [-0.15, -0.1) is 0 Å². The highest BCUT2D eigenvalue weighted by atomic mass is 16.7. The predicted molar refractivity (Wildman–Crippen MR) is 112 cm³/mol. The lowest BCUT2D eigenvalue weighted by Gasteiger charge is -2.18. The number of nitrogens with zero attached hydrogens (tertiary/aromatic N) is 1. The fourth-order valence-corrected chi connectivity index (χ4v) is 3.01. The standard InChI is InChI=1S/C20H21N5O7/c21-20(22)24-12-3-1-2-10(4-12)19(30)23-8-16(27)25-13(7-17(28)29)11-5-14(26)18-15(6-11)31-9-32-18/h1-6,13,26H,7-9H2,(H,23,30)(H,25,27)(H,28,29)(H4,21,22,24).